The van der Waals surface area contributed by atoms with Crippen LogP contribution >= 0.6 is 0 Å². The number of nitrogens with zero attached hydrogens (tertiary/aromatic N) is 4. The standard InChI is InChI=1S/C21H22N6O/c22-20(28)14-7-24-21(25-8-14)27-11-17-16(18(17)12-27)10-23-9-15-6-5-13-3-1-2-4-19(13)26-15/h1-8,16-18,23H,9-12H2,(H2,22,28). The number of piperidine rings is 1. The van der Waals surface area contributed by atoms with Gasteiger partial charge in [0.1, 0.15) is 0 Å². The average Bonchev–Trinajstić information content (AvgIpc) is 3.17. The molecule has 1 saturated carbocycles. The molecule has 1 saturated heterocycles. The molecule has 2 atom stereocenters. The van der Waals surface area contributed by atoms with Crippen molar-refractivity contribution in [1.29, 1.82) is 0 Å². The minimum Gasteiger partial charge on any atom is -0.366 e. The number of aromatic nitrogens is 3. The summed E-state index contributed by atoms with van der Waals surface area (Å²) in [5.74, 6) is 2.28. The summed E-state index contributed by atoms with van der Waals surface area (Å²) in [5, 5.41) is 4.74. The molecule has 1 aliphatic heterocycles. The molecule has 7 heteroatoms. The van der Waals surface area contributed by atoms with E-state index in [0.29, 0.717) is 29.3 Å². The van der Waals surface area contributed by atoms with Gasteiger partial charge in [0, 0.05) is 37.4 Å². The van der Waals surface area contributed by atoms with Gasteiger partial charge >= 0.3 is 0 Å². The molecule has 1 aliphatic carbocycles. The summed E-state index contributed by atoms with van der Waals surface area (Å²) < 4.78 is 0. The van der Waals surface area contributed by atoms with Crippen LogP contribution in [-0.2, 0) is 6.54 Å². The van der Waals surface area contributed by atoms with Crippen LogP contribution in [-0.4, -0.2) is 40.5 Å². The van der Waals surface area contributed by atoms with E-state index in [0.717, 1.165) is 37.4 Å². The quantitative estimate of drug-likeness (QED) is 0.680. The van der Waals surface area contributed by atoms with E-state index in [9.17, 15) is 4.79 Å². The highest BCUT2D eigenvalue weighted by Gasteiger charge is 2.55. The number of primary amides is 1. The number of anilines is 1. The first-order valence-electron chi connectivity index (χ1n) is 9.61. The smallest absolute Gasteiger partial charge is 0.251 e. The summed E-state index contributed by atoms with van der Waals surface area (Å²) in [4.78, 5) is 26.6. The highest BCUT2D eigenvalue weighted by atomic mass is 16.1. The highest BCUT2D eigenvalue weighted by Crippen LogP contribution is 2.51. The molecule has 28 heavy (non-hydrogen) atoms. The van der Waals surface area contributed by atoms with Crippen molar-refractivity contribution in [2.75, 3.05) is 24.5 Å². The molecule has 3 heterocycles. The number of pyridine rings is 1. The Morgan fingerprint density at radius 2 is 1.86 bits per heavy atom. The van der Waals surface area contributed by atoms with Crippen molar-refractivity contribution in [3.05, 3.63) is 60.0 Å². The fourth-order valence-corrected chi connectivity index (χ4v) is 4.30. The van der Waals surface area contributed by atoms with Gasteiger partial charge in [-0.25, -0.2) is 9.97 Å². The summed E-state index contributed by atoms with van der Waals surface area (Å²) in [6.45, 7) is 3.75. The number of benzene rings is 1. The maximum absolute atomic E-state index is 11.1. The van der Waals surface area contributed by atoms with E-state index in [2.05, 4.69) is 44.5 Å². The van der Waals surface area contributed by atoms with Gasteiger partial charge in [0.15, 0.2) is 0 Å². The number of para-hydroxylation sites is 1. The van der Waals surface area contributed by atoms with E-state index in [1.165, 1.54) is 17.8 Å². The third kappa shape index (κ3) is 3.18. The number of amides is 1. The van der Waals surface area contributed by atoms with E-state index in [1.807, 2.05) is 12.1 Å². The lowest BCUT2D eigenvalue weighted by Crippen LogP contribution is -2.29. The molecule has 3 N–H and O–H groups in total. The van der Waals surface area contributed by atoms with Gasteiger partial charge in [-0.2, -0.15) is 0 Å². The second-order valence-electron chi connectivity index (χ2n) is 7.66. The monoisotopic (exact) mass is 374 g/mol. The third-order valence-electron chi connectivity index (χ3n) is 5.92. The predicted octanol–water partition coefficient (Wildman–Crippen LogP) is 1.60. The zero-order valence-corrected chi connectivity index (χ0v) is 15.5. The number of hydrogen-bond donors (Lipinski definition) is 2. The molecule has 1 aromatic carbocycles. The van der Waals surface area contributed by atoms with Gasteiger partial charge in [0.2, 0.25) is 5.95 Å². The lowest BCUT2D eigenvalue weighted by molar-refractivity contribution is 0.0999. The van der Waals surface area contributed by atoms with E-state index >= 15 is 0 Å². The molecular formula is C21H22N6O. The molecule has 0 radical (unpaired) electrons. The first-order chi connectivity index (χ1) is 13.7. The average molecular weight is 374 g/mol. The van der Waals surface area contributed by atoms with E-state index in [-0.39, 0.29) is 0 Å². The Hall–Kier alpha value is -3.06. The van der Waals surface area contributed by atoms with Crippen molar-refractivity contribution >= 4 is 22.8 Å². The minimum absolute atomic E-state index is 0.345. The zero-order valence-electron chi connectivity index (χ0n) is 15.5. The van der Waals surface area contributed by atoms with Crippen LogP contribution in [0.5, 0.6) is 0 Å². The Bertz CT molecular complexity index is 1010. The Morgan fingerprint density at radius 1 is 1.11 bits per heavy atom. The number of fused-ring (bicyclic) bond motifs is 2. The first kappa shape index (κ1) is 17.1. The summed E-state index contributed by atoms with van der Waals surface area (Å²) >= 11 is 0. The predicted molar refractivity (Wildman–Crippen MR) is 107 cm³/mol. The normalized spacial score (nSPS) is 23.0. The summed E-state index contributed by atoms with van der Waals surface area (Å²) in [7, 11) is 0. The highest BCUT2D eigenvalue weighted by molar-refractivity contribution is 5.92. The van der Waals surface area contributed by atoms with Crippen LogP contribution in [0.2, 0.25) is 0 Å². The maximum atomic E-state index is 11.1. The SMILES string of the molecule is NC(=O)c1cnc(N2CC3C(CNCc4ccc5ccccc5n4)C3C2)nc1. The lowest BCUT2D eigenvalue weighted by atomic mass is 10.2. The van der Waals surface area contributed by atoms with Gasteiger partial charge in [-0.15, -0.1) is 0 Å². The Kier molecular flexibility index (Phi) is 4.16. The van der Waals surface area contributed by atoms with Crippen molar-refractivity contribution in [3.63, 3.8) is 0 Å². The second-order valence-corrected chi connectivity index (χ2v) is 7.66. The topological polar surface area (TPSA) is 97.0 Å². The first-order valence-corrected chi connectivity index (χ1v) is 9.61. The molecule has 142 valence electrons. The number of nitrogens with one attached hydrogen (secondary N) is 1. The molecular weight excluding hydrogens is 352 g/mol. The molecule has 3 aromatic rings. The third-order valence-corrected chi connectivity index (χ3v) is 5.92. The van der Waals surface area contributed by atoms with E-state index in [1.54, 1.807) is 0 Å². The molecule has 2 aliphatic rings. The van der Waals surface area contributed by atoms with Crippen molar-refractivity contribution in [3.8, 4) is 0 Å². The molecule has 7 nitrogen and oxygen atoms in total. The number of carbonyl (C=O) groups excluding carboxylic acids is 1. The van der Waals surface area contributed by atoms with Crippen molar-refractivity contribution < 1.29 is 4.79 Å². The molecule has 1 amide bonds. The van der Waals surface area contributed by atoms with Crippen LogP contribution in [0.15, 0.2) is 48.8 Å². The van der Waals surface area contributed by atoms with Gasteiger partial charge in [-0.1, -0.05) is 24.3 Å². The largest absolute Gasteiger partial charge is 0.366 e. The summed E-state index contributed by atoms with van der Waals surface area (Å²) in [5.41, 5.74) is 7.70. The molecule has 2 fully saturated rings. The molecule has 5 rings (SSSR count). The van der Waals surface area contributed by atoms with E-state index in [4.69, 9.17) is 10.7 Å². The maximum Gasteiger partial charge on any atom is 0.251 e. The van der Waals surface area contributed by atoms with Crippen molar-refractivity contribution in [2.24, 2.45) is 23.5 Å². The Balaban J connectivity index is 1.11. The number of rotatable bonds is 6. The van der Waals surface area contributed by atoms with Crippen LogP contribution in [0.3, 0.4) is 0 Å². The molecule has 2 aromatic heterocycles. The molecule has 0 bridgehead atoms. The summed E-state index contributed by atoms with van der Waals surface area (Å²) in [6, 6.07) is 12.4. The van der Waals surface area contributed by atoms with Crippen LogP contribution in [0, 0.1) is 17.8 Å². The Morgan fingerprint density at radius 3 is 2.61 bits per heavy atom. The summed E-state index contributed by atoms with van der Waals surface area (Å²) in [6.07, 6.45) is 3.01. The minimum atomic E-state index is -0.497. The Labute approximate surface area is 163 Å². The van der Waals surface area contributed by atoms with E-state index < -0.39 is 5.91 Å². The fourth-order valence-electron chi connectivity index (χ4n) is 4.30. The van der Waals surface area contributed by atoms with Gasteiger partial charge in [-0.3, -0.25) is 9.78 Å². The number of nitrogens with two attached hydrogens (primary N) is 1. The van der Waals surface area contributed by atoms with Gasteiger partial charge < -0.3 is 16.0 Å². The van der Waals surface area contributed by atoms with Gasteiger partial charge in [-0.05, 0) is 36.4 Å². The van der Waals surface area contributed by atoms with Crippen molar-refractivity contribution in [1.82, 2.24) is 20.3 Å². The number of hydrogen-bond acceptors (Lipinski definition) is 6. The molecule has 0 spiro atoms. The van der Waals surface area contributed by atoms with Crippen LogP contribution in [0.4, 0.5) is 5.95 Å². The van der Waals surface area contributed by atoms with Gasteiger partial charge in [0.05, 0.1) is 16.8 Å². The second kappa shape index (κ2) is 6.83. The fraction of sp³-hybridized carbons (Fsp3) is 0.333. The lowest BCUT2D eigenvalue weighted by Gasteiger charge is -2.19. The van der Waals surface area contributed by atoms with Crippen LogP contribution < -0.4 is 16.0 Å². The van der Waals surface area contributed by atoms with Crippen LogP contribution in [0.1, 0.15) is 16.1 Å². The zero-order chi connectivity index (χ0) is 19.1. The number of carbonyl (C=O) groups is 1. The van der Waals surface area contributed by atoms with Gasteiger partial charge in [0.25, 0.3) is 5.91 Å². The van der Waals surface area contributed by atoms with Crippen molar-refractivity contribution in [2.45, 2.75) is 6.54 Å². The van der Waals surface area contributed by atoms with Crippen LogP contribution in [0.25, 0.3) is 10.9 Å². The molecule has 2 unspecified atom stereocenters.